The molecule has 1 aromatic carbocycles. The lowest BCUT2D eigenvalue weighted by atomic mass is 10.0. The van der Waals surface area contributed by atoms with Gasteiger partial charge in [-0.25, -0.2) is 0 Å². The smallest absolute Gasteiger partial charge is 0.305 e. The molecule has 1 rings (SSSR count). The molecule has 2 N–H and O–H groups in total. The summed E-state index contributed by atoms with van der Waals surface area (Å²) in [6.07, 6.45) is 0.705. The Hall–Kier alpha value is -2.08. The first kappa shape index (κ1) is 20.0. The number of rotatable bonds is 8. The van der Waals surface area contributed by atoms with Crippen molar-refractivity contribution < 1.29 is 19.1 Å². The van der Waals surface area contributed by atoms with Crippen molar-refractivity contribution in [3.63, 3.8) is 0 Å². The molecule has 0 aliphatic rings. The second-order valence-corrected chi connectivity index (χ2v) is 6.05. The van der Waals surface area contributed by atoms with Gasteiger partial charge in [0.15, 0.2) is 0 Å². The Balaban J connectivity index is 2.60. The molecule has 132 valence electrons. The van der Waals surface area contributed by atoms with Crippen molar-refractivity contribution in [1.82, 2.24) is 10.6 Å². The predicted octanol–water partition coefficient (Wildman–Crippen LogP) is 2.16. The summed E-state index contributed by atoms with van der Waals surface area (Å²) in [6.45, 7) is 4.01. The van der Waals surface area contributed by atoms with Crippen LogP contribution in [0.1, 0.15) is 37.0 Å². The van der Waals surface area contributed by atoms with Gasteiger partial charge in [0, 0.05) is 13.0 Å². The number of esters is 1. The normalized spacial score (nSPS) is 11.7. The first-order valence-corrected chi connectivity index (χ1v) is 8.14. The van der Waals surface area contributed by atoms with Crippen LogP contribution in [0.15, 0.2) is 24.3 Å². The number of hydrogen-bond acceptors (Lipinski definition) is 4. The fourth-order valence-corrected chi connectivity index (χ4v) is 2.28. The first-order valence-electron chi connectivity index (χ1n) is 7.76. The average molecular weight is 355 g/mol. The molecule has 0 aliphatic heterocycles. The summed E-state index contributed by atoms with van der Waals surface area (Å²) in [4.78, 5) is 35.6. The maximum Gasteiger partial charge on any atom is 0.305 e. The second-order valence-electron chi connectivity index (χ2n) is 5.65. The van der Waals surface area contributed by atoms with Gasteiger partial charge in [-0.1, -0.05) is 37.6 Å². The van der Waals surface area contributed by atoms with Gasteiger partial charge >= 0.3 is 5.97 Å². The molecule has 0 aliphatic carbocycles. The number of methoxy groups -OCH3 is 1. The molecule has 0 fully saturated rings. The molecule has 24 heavy (non-hydrogen) atoms. The molecule has 7 heteroatoms. The van der Waals surface area contributed by atoms with Crippen molar-refractivity contribution in [3.8, 4) is 0 Å². The van der Waals surface area contributed by atoms with E-state index in [4.69, 9.17) is 11.6 Å². The van der Waals surface area contributed by atoms with E-state index in [0.717, 1.165) is 0 Å². The van der Waals surface area contributed by atoms with Crippen LogP contribution in [-0.4, -0.2) is 37.5 Å². The van der Waals surface area contributed by atoms with Gasteiger partial charge in [0.1, 0.15) is 6.04 Å². The summed E-state index contributed by atoms with van der Waals surface area (Å²) in [7, 11) is 1.32. The molecular formula is C17H23ClN2O4. The van der Waals surface area contributed by atoms with Crippen LogP contribution >= 0.6 is 11.6 Å². The standard InChI is InChI=1S/C17H23ClN2O4/c1-11(2)15(17(23)19-10-6-9-14(21)24-3)20-16(22)12-7-4-5-8-13(12)18/h4-5,7-8,11,15H,6,9-10H2,1-3H3,(H,19,23)(H,20,22). The van der Waals surface area contributed by atoms with Crippen molar-refractivity contribution in [2.45, 2.75) is 32.7 Å². The monoisotopic (exact) mass is 354 g/mol. The highest BCUT2D eigenvalue weighted by molar-refractivity contribution is 6.33. The minimum absolute atomic E-state index is 0.1000. The van der Waals surface area contributed by atoms with E-state index in [0.29, 0.717) is 23.6 Å². The summed E-state index contributed by atoms with van der Waals surface area (Å²) in [5.74, 6) is -1.12. The maximum atomic E-state index is 12.3. The van der Waals surface area contributed by atoms with E-state index in [1.165, 1.54) is 7.11 Å². The number of halogens is 1. The van der Waals surface area contributed by atoms with Crippen LogP contribution in [0.4, 0.5) is 0 Å². The highest BCUT2D eigenvalue weighted by Gasteiger charge is 2.25. The predicted molar refractivity (Wildman–Crippen MR) is 91.8 cm³/mol. The first-order chi connectivity index (χ1) is 11.4. The number of carbonyl (C=O) groups excluding carboxylic acids is 3. The zero-order valence-corrected chi connectivity index (χ0v) is 14.9. The molecule has 0 saturated heterocycles. The lowest BCUT2D eigenvalue weighted by Gasteiger charge is -2.22. The third-order valence-electron chi connectivity index (χ3n) is 3.44. The molecule has 0 saturated carbocycles. The topological polar surface area (TPSA) is 84.5 Å². The van der Waals surface area contributed by atoms with Crippen LogP contribution in [0.3, 0.4) is 0 Å². The number of amides is 2. The number of ether oxygens (including phenoxy) is 1. The van der Waals surface area contributed by atoms with E-state index in [-0.39, 0.29) is 24.2 Å². The number of hydrogen-bond donors (Lipinski definition) is 2. The van der Waals surface area contributed by atoms with E-state index >= 15 is 0 Å². The van der Waals surface area contributed by atoms with Gasteiger partial charge in [0.05, 0.1) is 17.7 Å². The maximum absolute atomic E-state index is 12.3. The summed E-state index contributed by atoms with van der Waals surface area (Å²) >= 11 is 6.00. The third kappa shape index (κ3) is 6.20. The van der Waals surface area contributed by atoms with Crippen molar-refractivity contribution >= 4 is 29.4 Å². The fraction of sp³-hybridized carbons (Fsp3) is 0.471. The van der Waals surface area contributed by atoms with Crippen molar-refractivity contribution in [2.75, 3.05) is 13.7 Å². The second kappa shape index (κ2) is 9.93. The Bertz CT molecular complexity index is 590. The number of benzene rings is 1. The van der Waals surface area contributed by atoms with E-state index in [2.05, 4.69) is 15.4 Å². The molecule has 0 radical (unpaired) electrons. The van der Waals surface area contributed by atoms with Gasteiger partial charge in [-0.15, -0.1) is 0 Å². The molecule has 6 nitrogen and oxygen atoms in total. The van der Waals surface area contributed by atoms with Crippen LogP contribution in [0.25, 0.3) is 0 Å². The minimum Gasteiger partial charge on any atom is -0.469 e. The van der Waals surface area contributed by atoms with E-state index < -0.39 is 11.9 Å². The summed E-state index contributed by atoms with van der Waals surface area (Å²) in [5.41, 5.74) is 0.323. The van der Waals surface area contributed by atoms with Crippen LogP contribution in [0.2, 0.25) is 5.02 Å². The third-order valence-corrected chi connectivity index (χ3v) is 3.77. The van der Waals surface area contributed by atoms with E-state index in [9.17, 15) is 14.4 Å². The van der Waals surface area contributed by atoms with Gasteiger partial charge in [0.25, 0.3) is 5.91 Å². The number of carbonyl (C=O) groups is 3. The van der Waals surface area contributed by atoms with E-state index in [1.54, 1.807) is 24.3 Å². The van der Waals surface area contributed by atoms with Crippen molar-refractivity contribution in [3.05, 3.63) is 34.9 Å². The Morgan fingerprint density at radius 3 is 2.46 bits per heavy atom. The SMILES string of the molecule is COC(=O)CCCNC(=O)C(NC(=O)c1ccccc1Cl)C(C)C. The molecule has 0 bridgehead atoms. The molecule has 0 aromatic heterocycles. The lowest BCUT2D eigenvalue weighted by molar-refractivity contribution is -0.140. The quantitative estimate of drug-likeness (QED) is 0.553. The van der Waals surface area contributed by atoms with Gasteiger partial charge in [-0.05, 0) is 24.5 Å². The lowest BCUT2D eigenvalue weighted by Crippen LogP contribution is -2.50. The fourth-order valence-electron chi connectivity index (χ4n) is 2.06. The summed E-state index contributed by atoms with van der Waals surface area (Å²) < 4.78 is 4.53. The van der Waals surface area contributed by atoms with Gasteiger partial charge in [-0.3, -0.25) is 14.4 Å². The molecule has 1 atom stereocenters. The van der Waals surface area contributed by atoms with Gasteiger partial charge in [0.2, 0.25) is 5.91 Å². The largest absolute Gasteiger partial charge is 0.469 e. The molecule has 2 amide bonds. The molecular weight excluding hydrogens is 332 g/mol. The molecule has 0 spiro atoms. The molecule has 1 unspecified atom stereocenters. The molecule has 0 heterocycles. The average Bonchev–Trinajstić information content (AvgIpc) is 2.55. The molecule has 1 aromatic rings. The number of nitrogens with one attached hydrogen (secondary N) is 2. The summed E-state index contributed by atoms with van der Waals surface area (Å²) in [5, 5.41) is 5.76. The van der Waals surface area contributed by atoms with Crippen LogP contribution in [0, 0.1) is 5.92 Å². The Kier molecular flexibility index (Phi) is 8.26. The van der Waals surface area contributed by atoms with Gasteiger partial charge < -0.3 is 15.4 Å². The Morgan fingerprint density at radius 1 is 1.21 bits per heavy atom. The zero-order valence-electron chi connectivity index (χ0n) is 14.1. The Labute approximate surface area is 146 Å². The minimum atomic E-state index is -0.688. The van der Waals surface area contributed by atoms with Gasteiger partial charge in [-0.2, -0.15) is 0 Å². The highest BCUT2D eigenvalue weighted by atomic mass is 35.5. The van der Waals surface area contributed by atoms with Crippen LogP contribution < -0.4 is 10.6 Å². The van der Waals surface area contributed by atoms with Crippen LogP contribution in [0.5, 0.6) is 0 Å². The summed E-state index contributed by atoms with van der Waals surface area (Å²) in [6, 6.07) is 5.97. The van der Waals surface area contributed by atoms with Crippen LogP contribution in [-0.2, 0) is 14.3 Å². The van der Waals surface area contributed by atoms with Crippen molar-refractivity contribution in [1.29, 1.82) is 0 Å². The van der Waals surface area contributed by atoms with E-state index in [1.807, 2.05) is 13.8 Å². The Morgan fingerprint density at radius 2 is 1.88 bits per heavy atom. The highest BCUT2D eigenvalue weighted by Crippen LogP contribution is 2.15. The van der Waals surface area contributed by atoms with Crippen molar-refractivity contribution in [2.24, 2.45) is 5.92 Å². The zero-order chi connectivity index (χ0) is 18.1.